The van der Waals surface area contributed by atoms with E-state index in [1.165, 1.54) is 12.8 Å². The van der Waals surface area contributed by atoms with Crippen molar-refractivity contribution in [3.63, 3.8) is 0 Å². The van der Waals surface area contributed by atoms with Crippen molar-refractivity contribution in [3.8, 4) is 0 Å². The van der Waals surface area contributed by atoms with Crippen LogP contribution in [0.25, 0.3) is 0 Å². The molecule has 1 heterocycles. The Morgan fingerprint density at radius 1 is 1.31 bits per heavy atom. The first-order valence-electron chi connectivity index (χ1n) is 5.63. The summed E-state index contributed by atoms with van der Waals surface area (Å²) in [6.45, 7) is 3.93. The van der Waals surface area contributed by atoms with Crippen molar-refractivity contribution in [2.24, 2.45) is 0 Å². The van der Waals surface area contributed by atoms with Crippen LogP contribution >= 0.6 is 11.8 Å². The van der Waals surface area contributed by atoms with Gasteiger partial charge in [-0.2, -0.15) is 11.8 Å². The number of hydrogen-bond donors (Lipinski definition) is 2. The SMILES string of the molecule is CCNc1cc(NCC2(SC)CC2)ncn1. The van der Waals surface area contributed by atoms with Gasteiger partial charge in [0.15, 0.2) is 0 Å². The monoisotopic (exact) mass is 238 g/mol. The number of thioether (sulfide) groups is 1. The summed E-state index contributed by atoms with van der Waals surface area (Å²) >= 11 is 1.95. The summed E-state index contributed by atoms with van der Waals surface area (Å²) in [6.07, 6.45) is 6.40. The van der Waals surface area contributed by atoms with E-state index in [-0.39, 0.29) is 0 Å². The van der Waals surface area contributed by atoms with Gasteiger partial charge in [-0.1, -0.05) is 0 Å². The van der Waals surface area contributed by atoms with Crippen LogP contribution in [0.5, 0.6) is 0 Å². The highest BCUT2D eigenvalue weighted by Crippen LogP contribution is 2.46. The van der Waals surface area contributed by atoms with Crippen LogP contribution in [0.3, 0.4) is 0 Å². The molecule has 1 aliphatic rings. The first-order chi connectivity index (χ1) is 7.78. The Morgan fingerprint density at radius 3 is 2.56 bits per heavy atom. The molecule has 0 bridgehead atoms. The molecule has 4 nitrogen and oxygen atoms in total. The minimum Gasteiger partial charge on any atom is -0.370 e. The molecule has 1 fully saturated rings. The minimum absolute atomic E-state index is 0.462. The number of anilines is 2. The van der Waals surface area contributed by atoms with E-state index in [4.69, 9.17) is 0 Å². The third-order valence-electron chi connectivity index (χ3n) is 2.86. The fourth-order valence-electron chi connectivity index (χ4n) is 1.58. The summed E-state index contributed by atoms with van der Waals surface area (Å²) in [4.78, 5) is 8.36. The average Bonchev–Trinajstić information content (AvgIpc) is 3.08. The second-order valence-electron chi connectivity index (χ2n) is 4.06. The lowest BCUT2D eigenvalue weighted by molar-refractivity contribution is 0.936. The normalized spacial score (nSPS) is 16.9. The molecule has 0 atom stereocenters. The molecule has 2 rings (SSSR count). The third-order valence-corrected chi connectivity index (χ3v) is 4.28. The van der Waals surface area contributed by atoms with Crippen LogP contribution in [-0.2, 0) is 0 Å². The molecule has 16 heavy (non-hydrogen) atoms. The quantitative estimate of drug-likeness (QED) is 0.796. The number of nitrogens with one attached hydrogen (secondary N) is 2. The fraction of sp³-hybridized carbons (Fsp3) is 0.636. The van der Waals surface area contributed by atoms with E-state index in [0.29, 0.717) is 4.75 Å². The van der Waals surface area contributed by atoms with Crippen molar-refractivity contribution in [3.05, 3.63) is 12.4 Å². The van der Waals surface area contributed by atoms with Gasteiger partial charge in [0.1, 0.15) is 18.0 Å². The van der Waals surface area contributed by atoms with E-state index in [2.05, 4.69) is 33.8 Å². The van der Waals surface area contributed by atoms with Crippen LogP contribution in [-0.4, -0.2) is 34.1 Å². The zero-order chi connectivity index (χ0) is 11.4. The average molecular weight is 238 g/mol. The predicted octanol–water partition coefficient (Wildman–Crippen LogP) is 2.22. The van der Waals surface area contributed by atoms with Gasteiger partial charge in [0.2, 0.25) is 0 Å². The number of hydrogen-bond acceptors (Lipinski definition) is 5. The van der Waals surface area contributed by atoms with Gasteiger partial charge in [-0.3, -0.25) is 0 Å². The highest BCUT2D eigenvalue weighted by molar-refractivity contribution is 8.00. The fourth-order valence-corrected chi connectivity index (χ4v) is 2.30. The van der Waals surface area contributed by atoms with E-state index in [9.17, 15) is 0 Å². The zero-order valence-electron chi connectivity index (χ0n) is 9.79. The molecule has 0 saturated heterocycles. The second kappa shape index (κ2) is 4.91. The summed E-state index contributed by atoms with van der Waals surface area (Å²) < 4.78 is 0.462. The number of nitrogens with zero attached hydrogens (tertiary/aromatic N) is 2. The molecular formula is C11H18N4S. The highest BCUT2D eigenvalue weighted by atomic mass is 32.2. The molecule has 0 unspecified atom stereocenters. The Hall–Kier alpha value is -0.970. The topological polar surface area (TPSA) is 49.8 Å². The molecule has 1 aromatic rings. The van der Waals surface area contributed by atoms with Crippen LogP contribution < -0.4 is 10.6 Å². The summed E-state index contributed by atoms with van der Waals surface area (Å²) in [5, 5.41) is 6.56. The zero-order valence-corrected chi connectivity index (χ0v) is 10.6. The molecule has 0 aromatic carbocycles. The van der Waals surface area contributed by atoms with Crippen LogP contribution in [0.4, 0.5) is 11.6 Å². The lowest BCUT2D eigenvalue weighted by atomic mass is 10.4. The smallest absolute Gasteiger partial charge is 0.131 e. The summed E-state index contributed by atoms with van der Waals surface area (Å²) in [5.41, 5.74) is 0. The molecule has 0 spiro atoms. The number of aromatic nitrogens is 2. The molecular weight excluding hydrogens is 220 g/mol. The van der Waals surface area contributed by atoms with Gasteiger partial charge in [-0.05, 0) is 26.0 Å². The molecule has 0 radical (unpaired) electrons. The highest BCUT2D eigenvalue weighted by Gasteiger charge is 2.41. The second-order valence-corrected chi connectivity index (χ2v) is 5.33. The Kier molecular flexibility index (Phi) is 3.53. The molecule has 2 N–H and O–H groups in total. The molecule has 0 amide bonds. The number of rotatable bonds is 6. The largest absolute Gasteiger partial charge is 0.370 e. The van der Waals surface area contributed by atoms with Crippen molar-refractivity contribution >= 4 is 23.4 Å². The van der Waals surface area contributed by atoms with Crippen molar-refractivity contribution in [1.29, 1.82) is 0 Å². The maximum absolute atomic E-state index is 4.22. The van der Waals surface area contributed by atoms with E-state index < -0.39 is 0 Å². The van der Waals surface area contributed by atoms with Gasteiger partial charge in [0.05, 0.1) is 0 Å². The Labute approximate surface area is 101 Å². The van der Waals surface area contributed by atoms with Gasteiger partial charge in [0, 0.05) is 23.9 Å². The van der Waals surface area contributed by atoms with Crippen molar-refractivity contribution in [1.82, 2.24) is 9.97 Å². The Balaban J connectivity index is 1.91. The van der Waals surface area contributed by atoms with Gasteiger partial charge in [-0.15, -0.1) is 0 Å². The van der Waals surface area contributed by atoms with E-state index in [1.54, 1.807) is 6.33 Å². The van der Waals surface area contributed by atoms with Gasteiger partial charge in [-0.25, -0.2) is 9.97 Å². The first-order valence-corrected chi connectivity index (χ1v) is 6.85. The lowest BCUT2D eigenvalue weighted by Gasteiger charge is -2.13. The summed E-state index contributed by atoms with van der Waals surface area (Å²) in [6, 6.07) is 1.96. The molecule has 1 saturated carbocycles. The Bertz CT molecular complexity index is 352. The standard InChI is InChI=1S/C11H18N4S/c1-3-12-9-6-10(15-8-14-9)13-7-11(16-2)4-5-11/h6,8H,3-5,7H2,1-2H3,(H2,12,13,14,15). The third kappa shape index (κ3) is 2.78. The Morgan fingerprint density at radius 2 is 2.00 bits per heavy atom. The predicted molar refractivity (Wildman–Crippen MR) is 70.2 cm³/mol. The summed E-state index contributed by atoms with van der Waals surface area (Å²) in [5.74, 6) is 1.79. The minimum atomic E-state index is 0.462. The molecule has 1 aliphatic carbocycles. The van der Waals surface area contributed by atoms with Crippen molar-refractivity contribution in [2.45, 2.75) is 24.5 Å². The van der Waals surface area contributed by atoms with Gasteiger partial charge in [0.25, 0.3) is 0 Å². The first kappa shape index (κ1) is 11.5. The van der Waals surface area contributed by atoms with E-state index in [1.807, 2.05) is 17.8 Å². The van der Waals surface area contributed by atoms with Crippen LogP contribution in [0.2, 0.25) is 0 Å². The van der Waals surface area contributed by atoms with Crippen LogP contribution in [0.1, 0.15) is 19.8 Å². The van der Waals surface area contributed by atoms with E-state index >= 15 is 0 Å². The molecule has 88 valence electrons. The van der Waals surface area contributed by atoms with Crippen molar-refractivity contribution < 1.29 is 0 Å². The van der Waals surface area contributed by atoms with Gasteiger partial charge >= 0.3 is 0 Å². The summed E-state index contributed by atoms with van der Waals surface area (Å²) in [7, 11) is 0. The molecule has 0 aliphatic heterocycles. The maximum atomic E-state index is 4.22. The lowest BCUT2D eigenvalue weighted by Crippen LogP contribution is -2.18. The van der Waals surface area contributed by atoms with Gasteiger partial charge < -0.3 is 10.6 Å². The maximum Gasteiger partial charge on any atom is 0.131 e. The van der Waals surface area contributed by atoms with Crippen molar-refractivity contribution in [2.75, 3.05) is 30.0 Å². The van der Waals surface area contributed by atoms with Crippen LogP contribution in [0.15, 0.2) is 12.4 Å². The molecule has 5 heteroatoms. The van der Waals surface area contributed by atoms with E-state index in [0.717, 1.165) is 24.7 Å². The van der Waals surface area contributed by atoms with Crippen LogP contribution in [0, 0.1) is 0 Å². The molecule has 1 aromatic heterocycles.